The van der Waals surface area contributed by atoms with Gasteiger partial charge in [0, 0.05) is 6.04 Å². The lowest BCUT2D eigenvalue weighted by molar-refractivity contribution is -0.122. The Kier molecular flexibility index (Phi) is 5.46. The van der Waals surface area contributed by atoms with Crippen molar-refractivity contribution in [1.82, 2.24) is 16.3 Å². The molecule has 6 heteroatoms. The highest BCUT2D eigenvalue weighted by Gasteiger charge is 2.38. The van der Waals surface area contributed by atoms with E-state index in [1.54, 1.807) is 6.21 Å². The molecule has 1 saturated heterocycles. The van der Waals surface area contributed by atoms with Crippen LogP contribution in [0.1, 0.15) is 30.4 Å². The molecule has 6 nitrogen and oxygen atoms in total. The van der Waals surface area contributed by atoms with Crippen molar-refractivity contribution >= 4 is 12.1 Å². The van der Waals surface area contributed by atoms with Crippen LogP contribution in [0.2, 0.25) is 0 Å². The Bertz CT molecular complexity index is 788. The van der Waals surface area contributed by atoms with E-state index >= 15 is 0 Å². The standard InChI is InChI=1S/C21H24N4O2/c26-21(20-12-19(23-24-20)17-8-9-17)25-22-13-15-6-10-18(11-7-15)27-14-16-4-2-1-3-5-16/h1-7,10-11,13,17,19-20,23-24H,8-9,12,14H2,(H,25,26)/b22-13+. The van der Waals surface area contributed by atoms with Crippen LogP contribution in [0.4, 0.5) is 0 Å². The normalized spacial score (nSPS) is 22.1. The van der Waals surface area contributed by atoms with Crippen molar-refractivity contribution in [2.45, 2.75) is 38.0 Å². The van der Waals surface area contributed by atoms with Crippen LogP contribution in [0, 0.1) is 5.92 Å². The zero-order chi connectivity index (χ0) is 18.5. The first-order chi connectivity index (χ1) is 13.3. The number of hydrazone groups is 1. The Labute approximate surface area is 159 Å². The number of hydrogen-bond acceptors (Lipinski definition) is 5. The second-order valence-electron chi connectivity index (χ2n) is 7.10. The number of nitrogens with one attached hydrogen (secondary N) is 3. The van der Waals surface area contributed by atoms with Crippen molar-refractivity contribution < 1.29 is 9.53 Å². The fraction of sp³-hybridized carbons (Fsp3) is 0.333. The minimum absolute atomic E-state index is 0.107. The third-order valence-corrected chi connectivity index (χ3v) is 4.96. The average Bonchev–Trinajstić information content (AvgIpc) is 3.44. The number of nitrogens with zero attached hydrogens (tertiary/aromatic N) is 1. The Hall–Kier alpha value is -2.70. The fourth-order valence-electron chi connectivity index (χ4n) is 3.20. The molecule has 2 aromatic rings. The zero-order valence-electron chi connectivity index (χ0n) is 15.1. The SMILES string of the molecule is O=C(N/N=C/c1ccc(OCc2ccccc2)cc1)C1CC(C2CC2)NN1. The number of carbonyl (C=O) groups is 1. The van der Waals surface area contributed by atoms with Crippen molar-refractivity contribution in [3.05, 3.63) is 65.7 Å². The van der Waals surface area contributed by atoms with E-state index in [0.29, 0.717) is 12.6 Å². The summed E-state index contributed by atoms with van der Waals surface area (Å²) in [5.74, 6) is 1.42. The summed E-state index contributed by atoms with van der Waals surface area (Å²) in [7, 11) is 0. The van der Waals surface area contributed by atoms with Crippen molar-refractivity contribution in [2.75, 3.05) is 0 Å². The third-order valence-electron chi connectivity index (χ3n) is 4.96. The summed E-state index contributed by atoms with van der Waals surface area (Å²) in [6, 6.07) is 17.9. The van der Waals surface area contributed by atoms with E-state index in [1.807, 2.05) is 54.6 Å². The monoisotopic (exact) mass is 364 g/mol. The molecule has 4 rings (SSSR count). The molecule has 2 fully saturated rings. The zero-order valence-corrected chi connectivity index (χ0v) is 15.1. The van der Waals surface area contributed by atoms with Crippen LogP contribution in [0.5, 0.6) is 5.75 Å². The van der Waals surface area contributed by atoms with Gasteiger partial charge in [-0.1, -0.05) is 30.3 Å². The summed E-state index contributed by atoms with van der Waals surface area (Å²) >= 11 is 0. The van der Waals surface area contributed by atoms with Crippen molar-refractivity contribution in [3.63, 3.8) is 0 Å². The Morgan fingerprint density at radius 2 is 1.89 bits per heavy atom. The highest BCUT2D eigenvalue weighted by atomic mass is 16.5. The predicted octanol–water partition coefficient (Wildman–Crippen LogP) is 2.36. The first-order valence-corrected chi connectivity index (χ1v) is 9.39. The lowest BCUT2D eigenvalue weighted by Crippen LogP contribution is -2.42. The molecule has 2 atom stereocenters. The van der Waals surface area contributed by atoms with Crippen LogP contribution in [-0.4, -0.2) is 24.2 Å². The van der Waals surface area contributed by atoms with E-state index in [-0.39, 0.29) is 11.9 Å². The summed E-state index contributed by atoms with van der Waals surface area (Å²) in [6.45, 7) is 0.536. The maximum Gasteiger partial charge on any atom is 0.258 e. The maximum absolute atomic E-state index is 12.2. The predicted molar refractivity (Wildman–Crippen MR) is 104 cm³/mol. The van der Waals surface area contributed by atoms with E-state index in [2.05, 4.69) is 21.4 Å². The highest BCUT2D eigenvalue weighted by Crippen LogP contribution is 2.35. The molecule has 27 heavy (non-hydrogen) atoms. The van der Waals surface area contributed by atoms with Gasteiger partial charge in [-0.2, -0.15) is 5.10 Å². The van der Waals surface area contributed by atoms with Crippen LogP contribution in [0.15, 0.2) is 59.7 Å². The van der Waals surface area contributed by atoms with Crippen molar-refractivity contribution in [2.24, 2.45) is 11.0 Å². The summed E-state index contributed by atoms with van der Waals surface area (Å²) < 4.78 is 5.76. The van der Waals surface area contributed by atoms with Crippen LogP contribution >= 0.6 is 0 Å². The molecule has 1 heterocycles. The summed E-state index contributed by atoms with van der Waals surface area (Å²) in [5.41, 5.74) is 10.9. The Balaban J connectivity index is 1.22. The number of rotatable bonds is 7. The molecule has 2 aromatic carbocycles. The largest absolute Gasteiger partial charge is 0.489 e. The van der Waals surface area contributed by atoms with Crippen LogP contribution < -0.4 is 21.0 Å². The van der Waals surface area contributed by atoms with E-state index in [0.717, 1.165) is 29.2 Å². The highest BCUT2D eigenvalue weighted by molar-refractivity contribution is 5.85. The minimum Gasteiger partial charge on any atom is -0.489 e. The number of hydrazine groups is 1. The molecular weight excluding hydrogens is 340 g/mol. The Morgan fingerprint density at radius 1 is 1.11 bits per heavy atom. The van der Waals surface area contributed by atoms with Gasteiger partial charge in [0.1, 0.15) is 18.4 Å². The van der Waals surface area contributed by atoms with Gasteiger partial charge in [-0.15, -0.1) is 0 Å². The molecule has 3 N–H and O–H groups in total. The molecular formula is C21H24N4O2. The molecule has 1 aliphatic heterocycles. The molecule has 1 aliphatic carbocycles. The first-order valence-electron chi connectivity index (χ1n) is 9.39. The first kappa shape index (κ1) is 17.7. The second kappa shape index (κ2) is 8.33. The molecule has 0 radical (unpaired) electrons. The van der Waals surface area contributed by atoms with Gasteiger partial charge in [-0.05, 0) is 60.6 Å². The summed E-state index contributed by atoms with van der Waals surface area (Å²) in [6.07, 6.45) is 4.98. The summed E-state index contributed by atoms with van der Waals surface area (Å²) in [5, 5.41) is 4.06. The molecule has 0 aromatic heterocycles. The topological polar surface area (TPSA) is 74.8 Å². The molecule has 1 amide bonds. The van der Waals surface area contributed by atoms with Gasteiger partial charge < -0.3 is 4.74 Å². The van der Waals surface area contributed by atoms with Crippen LogP contribution in [-0.2, 0) is 11.4 Å². The average molecular weight is 364 g/mol. The quantitative estimate of drug-likeness (QED) is 0.521. The van der Waals surface area contributed by atoms with Gasteiger partial charge in [-0.3, -0.25) is 10.2 Å². The van der Waals surface area contributed by atoms with Crippen LogP contribution in [0.3, 0.4) is 0 Å². The van der Waals surface area contributed by atoms with Gasteiger partial charge in [0.25, 0.3) is 5.91 Å². The van der Waals surface area contributed by atoms with E-state index in [1.165, 1.54) is 12.8 Å². The van der Waals surface area contributed by atoms with Crippen molar-refractivity contribution in [1.29, 1.82) is 0 Å². The molecule has 1 saturated carbocycles. The smallest absolute Gasteiger partial charge is 0.258 e. The molecule has 140 valence electrons. The third kappa shape index (κ3) is 4.93. The molecule has 0 bridgehead atoms. The molecule has 2 aliphatic rings. The number of hydrogen-bond donors (Lipinski definition) is 3. The van der Waals surface area contributed by atoms with E-state index < -0.39 is 0 Å². The van der Waals surface area contributed by atoms with Gasteiger partial charge in [0.05, 0.1) is 6.21 Å². The number of ether oxygens (including phenoxy) is 1. The molecule has 0 spiro atoms. The number of amides is 1. The van der Waals surface area contributed by atoms with Crippen molar-refractivity contribution in [3.8, 4) is 5.75 Å². The Morgan fingerprint density at radius 3 is 2.63 bits per heavy atom. The lowest BCUT2D eigenvalue weighted by Gasteiger charge is -2.07. The fourth-order valence-corrected chi connectivity index (χ4v) is 3.20. The second-order valence-corrected chi connectivity index (χ2v) is 7.10. The maximum atomic E-state index is 12.2. The van der Waals surface area contributed by atoms with Gasteiger partial charge in [0.2, 0.25) is 0 Å². The summed E-state index contributed by atoms with van der Waals surface area (Å²) in [4.78, 5) is 12.2. The van der Waals surface area contributed by atoms with Gasteiger partial charge in [-0.25, -0.2) is 10.9 Å². The van der Waals surface area contributed by atoms with Gasteiger partial charge in [0.15, 0.2) is 0 Å². The van der Waals surface area contributed by atoms with Gasteiger partial charge >= 0.3 is 0 Å². The molecule has 2 unspecified atom stereocenters. The lowest BCUT2D eigenvalue weighted by atomic mass is 10.1. The van der Waals surface area contributed by atoms with E-state index in [4.69, 9.17) is 4.74 Å². The van der Waals surface area contributed by atoms with E-state index in [9.17, 15) is 4.79 Å². The minimum atomic E-state index is -0.221. The number of carbonyl (C=O) groups excluding carboxylic acids is 1. The van der Waals surface area contributed by atoms with Crippen LogP contribution in [0.25, 0.3) is 0 Å². The number of benzene rings is 2.